The smallest absolute Gasteiger partial charge is 0.304 e. The molecule has 2 atom stereocenters. The van der Waals surface area contributed by atoms with Crippen LogP contribution in [0.3, 0.4) is 0 Å². The van der Waals surface area contributed by atoms with Crippen LogP contribution in [-0.4, -0.2) is 59.5 Å². The minimum atomic E-state index is -1.17. The van der Waals surface area contributed by atoms with E-state index < -0.39 is 35.5 Å². The zero-order valence-corrected chi connectivity index (χ0v) is 14.5. The summed E-state index contributed by atoms with van der Waals surface area (Å²) in [6.07, 6.45) is 0.192. The van der Waals surface area contributed by atoms with Crippen molar-refractivity contribution < 1.29 is 29.1 Å². The molecule has 24 heavy (non-hydrogen) atoms. The van der Waals surface area contributed by atoms with Gasteiger partial charge in [0, 0.05) is 13.0 Å². The summed E-state index contributed by atoms with van der Waals surface area (Å²) in [7, 11) is 0. The molecule has 0 aliphatic carbocycles. The van der Waals surface area contributed by atoms with Crippen LogP contribution >= 0.6 is 12.6 Å². The van der Waals surface area contributed by atoms with Crippen molar-refractivity contribution >= 4 is 42.6 Å². The van der Waals surface area contributed by atoms with Crippen LogP contribution in [0, 0.1) is 5.92 Å². The molecule has 9 nitrogen and oxygen atoms in total. The molecule has 3 amide bonds. The van der Waals surface area contributed by atoms with Crippen LogP contribution in [0.1, 0.15) is 26.7 Å². The van der Waals surface area contributed by atoms with Gasteiger partial charge >= 0.3 is 5.97 Å². The summed E-state index contributed by atoms with van der Waals surface area (Å²) in [5.41, 5.74) is 0. The maximum atomic E-state index is 11.6. The lowest BCUT2D eigenvalue weighted by Gasteiger charge is -2.16. The van der Waals surface area contributed by atoms with Crippen molar-refractivity contribution in [2.75, 3.05) is 13.1 Å². The van der Waals surface area contributed by atoms with Crippen molar-refractivity contribution in [1.29, 1.82) is 0 Å². The molecule has 0 saturated carbocycles. The van der Waals surface area contributed by atoms with Crippen LogP contribution < -0.4 is 16.0 Å². The second-order valence-electron chi connectivity index (χ2n) is 5.40. The Morgan fingerprint density at radius 1 is 1.12 bits per heavy atom. The molecule has 136 valence electrons. The van der Waals surface area contributed by atoms with Crippen molar-refractivity contribution in [3.63, 3.8) is 0 Å². The number of carboxylic acid groups (broad SMARTS) is 1. The minimum absolute atomic E-state index is 0.00897. The van der Waals surface area contributed by atoms with Crippen molar-refractivity contribution in [2.45, 2.75) is 38.0 Å². The molecule has 0 rings (SSSR count). The Bertz CT molecular complexity index is 483. The van der Waals surface area contributed by atoms with E-state index in [1.54, 1.807) is 13.8 Å². The maximum Gasteiger partial charge on any atom is 0.304 e. The third-order valence-electron chi connectivity index (χ3n) is 2.96. The Hall–Kier alpha value is -2.10. The second kappa shape index (κ2) is 11.4. The van der Waals surface area contributed by atoms with Gasteiger partial charge in [0.1, 0.15) is 6.29 Å². The van der Waals surface area contributed by atoms with E-state index in [9.17, 15) is 24.0 Å². The Morgan fingerprint density at radius 3 is 2.25 bits per heavy atom. The molecule has 0 aliphatic rings. The molecule has 0 radical (unpaired) electrons. The van der Waals surface area contributed by atoms with Gasteiger partial charge in [-0.15, -0.1) is 0 Å². The average Bonchev–Trinajstić information content (AvgIpc) is 2.49. The van der Waals surface area contributed by atoms with Crippen LogP contribution in [0.5, 0.6) is 0 Å². The standard InChI is InChI=1S/C14H23N3O6S/c1-8(2)9(7-18)17-11(19)3-4-15-12(20)6-16-14(23)10(24)5-13(21)22/h7-10,24H,3-6H2,1-2H3,(H,15,20)(H,16,23)(H,17,19)(H,21,22). The number of hydrogen-bond acceptors (Lipinski definition) is 6. The minimum Gasteiger partial charge on any atom is -0.481 e. The van der Waals surface area contributed by atoms with Gasteiger partial charge in [-0.25, -0.2) is 0 Å². The number of rotatable bonds is 11. The fraction of sp³-hybridized carbons (Fsp3) is 0.643. The molecule has 0 aromatic heterocycles. The first-order valence-electron chi connectivity index (χ1n) is 7.36. The molecule has 10 heteroatoms. The number of hydrogen-bond donors (Lipinski definition) is 5. The SMILES string of the molecule is CC(C)C(C=O)NC(=O)CCNC(=O)CNC(=O)C(S)CC(=O)O. The van der Waals surface area contributed by atoms with Gasteiger partial charge in [-0.1, -0.05) is 13.8 Å². The van der Waals surface area contributed by atoms with Gasteiger partial charge in [-0.05, 0) is 5.92 Å². The molecule has 0 aromatic carbocycles. The Labute approximate surface area is 145 Å². The van der Waals surface area contributed by atoms with Crippen molar-refractivity contribution in [3.8, 4) is 0 Å². The summed E-state index contributed by atoms with van der Waals surface area (Å²) in [5, 5.41) is 14.7. The molecular formula is C14H23N3O6S. The fourth-order valence-corrected chi connectivity index (χ4v) is 1.78. The number of carbonyl (C=O) groups is 5. The van der Waals surface area contributed by atoms with Crippen LogP contribution in [-0.2, 0) is 24.0 Å². The number of aliphatic carboxylic acids is 1. The Balaban J connectivity index is 3.98. The second-order valence-corrected chi connectivity index (χ2v) is 6.03. The quantitative estimate of drug-likeness (QED) is 0.229. The molecule has 0 aliphatic heterocycles. The summed E-state index contributed by atoms with van der Waals surface area (Å²) in [4.78, 5) is 55.8. The number of aldehydes is 1. The lowest BCUT2D eigenvalue weighted by Crippen LogP contribution is -2.43. The van der Waals surface area contributed by atoms with E-state index in [1.165, 1.54) is 0 Å². The van der Waals surface area contributed by atoms with Gasteiger partial charge in [0.25, 0.3) is 0 Å². The van der Waals surface area contributed by atoms with Gasteiger partial charge in [0.15, 0.2) is 0 Å². The third kappa shape index (κ3) is 9.82. The van der Waals surface area contributed by atoms with Gasteiger partial charge in [0.2, 0.25) is 17.7 Å². The summed E-state index contributed by atoms with van der Waals surface area (Å²) in [6.45, 7) is 3.29. The fourth-order valence-electron chi connectivity index (χ4n) is 1.54. The zero-order valence-electron chi connectivity index (χ0n) is 13.6. The van der Waals surface area contributed by atoms with E-state index in [4.69, 9.17) is 5.11 Å². The molecule has 4 N–H and O–H groups in total. The van der Waals surface area contributed by atoms with E-state index in [2.05, 4.69) is 28.6 Å². The molecule has 0 saturated heterocycles. The number of thiol groups is 1. The predicted octanol–water partition coefficient (Wildman–Crippen LogP) is -1.28. The summed E-state index contributed by atoms with van der Waals surface area (Å²) >= 11 is 3.82. The monoisotopic (exact) mass is 361 g/mol. The summed E-state index contributed by atoms with van der Waals surface area (Å²) in [6, 6.07) is -0.575. The van der Waals surface area contributed by atoms with E-state index in [-0.39, 0.29) is 31.3 Å². The van der Waals surface area contributed by atoms with Crippen LogP contribution in [0.25, 0.3) is 0 Å². The van der Waals surface area contributed by atoms with Crippen molar-refractivity contribution in [1.82, 2.24) is 16.0 Å². The lowest BCUT2D eigenvalue weighted by atomic mass is 10.1. The highest BCUT2D eigenvalue weighted by Crippen LogP contribution is 2.01. The Kier molecular flexibility index (Phi) is 10.4. The highest BCUT2D eigenvalue weighted by atomic mass is 32.1. The molecule has 0 aromatic rings. The molecule has 0 heterocycles. The highest BCUT2D eigenvalue weighted by Gasteiger charge is 2.18. The maximum absolute atomic E-state index is 11.6. The zero-order chi connectivity index (χ0) is 18.7. The molecule has 0 fully saturated rings. The normalized spacial score (nSPS) is 12.8. The van der Waals surface area contributed by atoms with E-state index >= 15 is 0 Å². The van der Waals surface area contributed by atoms with Gasteiger partial charge in [-0.2, -0.15) is 12.6 Å². The van der Waals surface area contributed by atoms with Crippen LogP contribution in [0.15, 0.2) is 0 Å². The Morgan fingerprint density at radius 2 is 1.75 bits per heavy atom. The first-order valence-corrected chi connectivity index (χ1v) is 7.88. The average molecular weight is 361 g/mol. The first kappa shape index (κ1) is 21.9. The van der Waals surface area contributed by atoms with E-state index in [1.807, 2.05) is 0 Å². The van der Waals surface area contributed by atoms with E-state index in [0.717, 1.165) is 0 Å². The predicted molar refractivity (Wildman–Crippen MR) is 88.5 cm³/mol. The van der Waals surface area contributed by atoms with Gasteiger partial charge in [0.05, 0.1) is 24.3 Å². The topological polar surface area (TPSA) is 142 Å². The van der Waals surface area contributed by atoms with Crippen molar-refractivity contribution in [2.24, 2.45) is 5.92 Å². The summed E-state index contributed by atoms with van der Waals surface area (Å²) < 4.78 is 0. The lowest BCUT2D eigenvalue weighted by molar-refractivity contribution is -0.138. The molecule has 2 unspecified atom stereocenters. The highest BCUT2D eigenvalue weighted by molar-refractivity contribution is 7.81. The van der Waals surface area contributed by atoms with E-state index in [0.29, 0.717) is 6.29 Å². The molecular weight excluding hydrogens is 338 g/mol. The number of nitrogens with one attached hydrogen (secondary N) is 3. The van der Waals surface area contributed by atoms with Crippen LogP contribution in [0.4, 0.5) is 0 Å². The van der Waals surface area contributed by atoms with Crippen LogP contribution in [0.2, 0.25) is 0 Å². The third-order valence-corrected chi connectivity index (χ3v) is 3.38. The van der Waals surface area contributed by atoms with Crippen molar-refractivity contribution in [3.05, 3.63) is 0 Å². The molecule has 0 spiro atoms. The number of amides is 3. The van der Waals surface area contributed by atoms with Gasteiger partial charge in [-0.3, -0.25) is 19.2 Å². The molecule has 0 bridgehead atoms. The number of carbonyl (C=O) groups excluding carboxylic acids is 4. The first-order chi connectivity index (χ1) is 11.2. The summed E-state index contributed by atoms with van der Waals surface area (Å²) in [5.74, 6) is -2.77. The van der Waals surface area contributed by atoms with Gasteiger partial charge < -0.3 is 25.9 Å². The largest absolute Gasteiger partial charge is 0.481 e. The number of carboxylic acids is 1.